The van der Waals surface area contributed by atoms with Gasteiger partial charge in [0.25, 0.3) is 0 Å². The lowest BCUT2D eigenvalue weighted by atomic mass is 10.1. The van der Waals surface area contributed by atoms with Gasteiger partial charge in [-0.3, -0.25) is 0 Å². The number of benzene rings is 2. The van der Waals surface area contributed by atoms with Gasteiger partial charge in [0.15, 0.2) is 5.82 Å². The van der Waals surface area contributed by atoms with E-state index in [1.807, 2.05) is 31.2 Å². The highest BCUT2D eigenvalue weighted by atomic mass is 79.9. The predicted octanol–water partition coefficient (Wildman–Crippen LogP) is 4.63. The number of nitrogens with zero attached hydrogens (tertiary/aromatic N) is 1. The zero-order valence-corrected chi connectivity index (χ0v) is 12.6. The molecule has 0 fully saturated rings. The first-order chi connectivity index (χ1) is 9.61. The number of rotatable bonds is 2. The van der Waals surface area contributed by atoms with E-state index in [-0.39, 0.29) is 0 Å². The number of hydrogen-bond acceptors (Lipinski definition) is 3. The Morgan fingerprint density at radius 2 is 1.75 bits per heavy atom. The van der Waals surface area contributed by atoms with Crippen molar-refractivity contribution in [3.8, 4) is 0 Å². The normalized spacial score (nSPS) is 10.7. The van der Waals surface area contributed by atoms with Gasteiger partial charge in [-0.1, -0.05) is 28.1 Å². The van der Waals surface area contributed by atoms with Crippen LogP contribution in [0.2, 0.25) is 0 Å². The van der Waals surface area contributed by atoms with Crippen LogP contribution < -0.4 is 11.1 Å². The van der Waals surface area contributed by atoms with Crippen LogP contribution in [0.4, 0.5) is 17.2 Å². The van der Waals surface area contributed by atoms with Gasteiger partial charge in [0.2, 0.25) is 0 Å². The Hall–Kier alpha value is -2.07. The SMILES string of the molecule is Cc1ccc(N)c(Nc2ccc3cc(Br)ccc3c2)n1. The molecule has 0 unspecified atom stereocenters. The largest absolute Gasteiger partial charge is 0.396 e. The number of aryl methyl sites for hydroxylation is 1. The minimum atomic E-state index is 0.645. The molecule has 3 rings (SSSR count). The number of nitrogens with two attached hydrogens (primary N) is 1. The number of fused-ring (bicyclic) bond motifs is 1. The maximum atomic E-state index is 5.94. The second-order valence-electron chi connectivity index (χ2n) is 4.72. The Morgan fingerprint density at radius 1 is 1.00 bits per heavy atom. The summed E-state index contributed by atoms with van der Waals surface area (Å²) in [6, 6.07) is 16.2. The fourth-order valence-electron chi connectivity index (χ4n) is 2.10. The molecule has 0 saturated heterocycles. The van der Waals surface area contributed by atoms with Crippen LogP contribution in [0.15, 0.2) is 53.0 Å². The molecular weight excluding hydrogens is 314 g/mol. The smallest absolute Gasteiger partial charge is 0.153 e. The molecule has 4 heteroatoms. The second-order valence-corrected chi connectivity index (χ2v) is 5.64. The number of pyridine rings is 1. The summed E-state index contributed by atoms with van der Waals surface area (Å²) in [6.07, 6.45) is 0. The van der Waals surface area contributed by atoms with E-state index in [0.29, 0.717) is 11.5 Å². The van der Waals surface area contributed by atoms with Crippen molar-refractivity contribution in [2.45, 2.75) is 6.92 Å². The van der Waals surface area contributed by atoms with Crippen molar-refractivity contribution in [2.24, 2.45) is 0 Å². The molecule has 0 spiro atoms. The first-order valence-corrected chi connectivity index (χ1v) is 7.10. The van der Waals surface area contributed by atoms with Gasteiger partial charge in [-0.2, -0.15) is 0 Å². The molecule has 0 aliphatic carbocycles. The third-order valence-electron chi connectivity index (χ3n) is 3.13. The van der Waals surface area contributed by atoms with Crippen LogP contribution in [0.25, 0.3) is 10.8 Å². The van der Waals surface area contributed by atoms with Crippen molar-refractivity contribution in [3.63, 3.8) is 0 Å². The number of aromatic nitrogens is 1. The summed E-state index contributed by atoms with van der Waals surface area (Å²) >= 11 is 3.48. The molecule has 3 N–H and O–H groups in total. The van der Waals surface area contributed by atoms with Crippen LogP contribution in [0.1, 0.15) is 5.69 Å². The van der Waals surface area contributed by atoms with E-state index < -0.39 is 0 Å². The average Bonchev–Trinajstić information content (AvgIpc) is 2.43. The minimum absolute atomic E-state index is 0.645. The predicted molar refractivity (Wildman–Crippen MR) is 88.3 cm³/mol. The lowest BCUT2D eigenvalue weighted by Gasteiger charge is -2.10. The van der Waals surface area contributed by atoms with E-state index >= 15 is 0 Å². The summed E-state index contributed by atoms with van der Waals surface area (Å²) in [5, 5.41) is 5.63. The van der Waals surface area contributed by atoms with Crippen molar-refractivity contribution >= 4 is 43.9 Å². The van der Waals surface area contributed by atoms with Crippen LogP contribution >= 0.6 is 15.9 Å². The van der Waals surface area contributed by atoms with Gasteiger partial charge in [0.05, 0.1) is 5.69 Å². The zero-order chi connectivity index (χ0) is 14.1. The van der Waals surface area contributed by atoms with Crippen molar-refractivity contribution in [2.75, 3.05) is 11.1 Å². The molecule has 20 heavy (non-hydrogen) atoms. The number of anilines is 3. The highest BCUT2D eigenvalue weighted by Gasteiger charge is 2.03. The fourth-order valence-corrected chi connectivity index (χ4v) is 2.48. The topological polar surface area (TPSA) is 50.9 Å². The number of halogens is 1. The Morgan fingerprint density at radius 3 is 2.60 bits per heavy atom. The summed E-state index contributed by atoms with van der Waals surface area (Å²) in [5.41, 5.74) is 8.50. The Bertz CT molecular complexity index is 784. The molecule has 0 saturated carbocycles. The van der Waals surface area contributed by atoms with Gasteiger partial charge in [-0.25, -0.2) is 4.98 Å². The van der Waals surface area contributed by atoms with Gasteiger partial charge in [0, 0.05) is 15.9 Å². The highest BCUT2D eigenvalue weighted by Crippen LogP contribution is 2.26. The molecule has 1 heterocycles. The second kappa shape index (κ2) is 5.13. The molecule has 0 atom stereocenters. The van der Waals surface area contributed by atoms with Crippen molar-refractivity contribution < 1.29 is 0 Å². The minimum Gasteiger partial charge on any atom is -0.396 e. The molecule has 100 valence electrons. The van der Waals surface area contributed by atoms with Crippen LogP contribution in [-0.2, 0) is 0 Å². The molecular formula is C16H14BrN3. The third kappa shape index (κ3) is 2.60. The molecule has 3 nitrogen and oxygen atoms in total. The van der Waals surface area contributed by atoms with E-state index in [4.69, 9.17) is 5.73 Å². The van der Waals surface area contributed by atoms with Crippen molar-refractivity contribution in [1.82, 2.24) is 4.98 Å². The number of nitrogens with one attached hydrogen (secondary N) is 1. The Labute approximate surface area is 126 Å². The molecule has 3 aromatic rings. The van der Waals surface area contributed by atoms with Gasteiger partial charge in [-0.05, 0) is 54.1 Å². The summed E-state index contributed by atoms with van der Waals surface area (Å²) in [5.74, 6) is 0.696. The van der Waals surface area contributed by atoms with E-state index in [0.717, 1.165) is 15.9 Å². The Kier molecular flexibility index (Phi) is 3.32. The zero-order valence-electron chi connectivity index (χ0n) is 11.0. The molecule has 1 aromatic heterocycles. The maximum absolute atomic E-state index is 5.94. The molecule has 0 radical (unpaired) electrons. The molecule has 0 bridgehead atoms. The van der Waals surface area contributed by atoms with Gasteiger partial charge >= 0.3 is 0 Å². The number of nitrogen functional groups attached to an aromatic ring is 1. The maximum Gasteiger partial charge on any atom is 0.153 e. The average molecular weight is 328 g/mol. The lowest BCUT2D eigenvalue weighted by molar-refractivity contribution is 1.20. The van der Waals surface area contributed by atoms with E-state index in [1.165, 1.54) is 10.8 Å². The van der Waals surface area contributed by atoms with Crippen molar-refractivity contribution in [1.29, 1.82) is 0 Å². The summed E-state index contributed by atoms with van der Waals surface area (Å²) in [6.45, 7) is 1.95. The highest BCUT2D eigenvalue weighted by molar-refractivity contribution is 9.10. The van der Waals surface area contributed by atoms with Crippen LogP contribution in [-0.4, -0.2) is 4.98 Å². The molecule has 2 aromatic carbocycles. The summed E-state index contributed by atoms with van der Waals surface area (Å²) < 4.78 is 1.08. The number of hydrogen-bond donors (Lipinski definition) is 2. The van der Waals surface area contributed by atoms with Crippen LogP contribution in [0.3, 0.4) is 0 Å². The quantitative estimate of drug-likeness (QED) is 0.721. The lowest BCUT2D eigenvalue weighted by Crippen LogP contribution is -2.00. The van der Waals surface area contributed by atoms with Gasteiger partial charge < -0.3 is 11.1 Å². The van der Waals surface area contributed by atoms with Gasteiger partial charge in [0.1, 0.15) is 0 Å². The fraction of sp³-hybridized carbons (Fsp3) is 0.0625. The van der Waals surface area contributed by atoms with Crippen LogP contribution in [0.5, 0.6) is 0 Å². The molecule has 0 amide bonds. The first-order valence-electron chi connectivity index (χ1n) is 6.31. The van der Waals surface area contributed by atoms with E-state index in [1.54, 1.807) is 0 Å². The monoisotopic (exact) mass is 327 g/mol. The molecule has 0 aliphatic heterocycles. The van der Waals surface area contributed by atoms with Gasteiger partial charge in [-0.15, -0.1) is 0 Å². The standard InChI is InChI=1S/C16H14BrN3/c1-10-2-7-15(18)16(19-10)20-14-6-4-11-8-13(17)5-3-12(11)9-14/h2-9H,18H2,1H3,(H,19,20). The van der Waals surface area contributed by atoms with Crippen molar-refractivity contribution in [3.05, 3.63) is 58.7 Å². The first kappa shape index (κ1) is 12.9. The summed E-state index contributed by atoms with van der Waals surface area (Å²) in [4.78, 5) is 4.42. The molecule has 0 aliphatic rings. The van der Waals surface area contributed by atoms with E-state index in [2.05, 4.69) is 50.5 Å². The van der Waals surface area contributed by atoms with Crippen LogP contribution in [0, 0.1) is 6.92 Å². The Balaban J connectivity index is 1.98. The summed E-state index contributed by atoms with van der Waals surface area (Å²) in [7, 11) is 0. The van der Waals surface area contributed by atoms with E-state index in [9.17, 15) is 0 Å². The third-order valence-corrected chi connectivity index (χ3v) is 3.62.